The molecular weight excluding hydrogens is 130 g/mol. The average Bonchev–Trinajstić information content (AvgIpc) is 2.44. The highest BCUT2D eigenvalue weighted by Gasteiger charge is 1.96. The van der Waals surface area contributed by atoms with Crippen LogP contribution in [0.4, 0.5) is 0 Å². The van der Waals surface area contributed by atoms with Gasteiger partial charge in [0.25, 0.3) is 0 Å². The highest BCUT2D eigenvalue weighted by atomic mass is 16.1. The fourth-order valence-electron chi connectivity index (χ4n) is 0.922. The van der Waals surface area contributed by atoms with Gasteiger partial charge in [0, 0.05) is 12.4 Å². The third-order valence-electron chi connectivity index (χ3n) is 1.41. The van der Waals surface area contributed by atoms with E-state index in [1.165, 1.54) is 4.57 Å². The molecule has 2 heterocycles. The molecule has 0 aliphatic carbocycles. The van der Waals surface area contributed by atoms with E-state index in [1.807, 2.05) is 0 Å². The van der Waals surface area contributed by atoms with Crippen molar-refractivity contribution in [1.29, 1.82) is 0 Å². The van der Waals surface area contributed by atoms with E-state index < -0.39 is 0 Å². The van der Waals surface area contributed by atoms with E-state index in [0.29, 0.717) is 0 Å². The van der Waals surface area contributed by atoms with E-state index in [0.717, 1.165) is 12.1 Å². The molecule has 2 rings (SSSR count). The summed E-state index contributed by atoms with van der Waals surface area (Å²) >= 11 is 0. The summed E-state index contributed by atoms with van der Waals surface area (Å²) in [6.45, 7) is 0. The Bertz CT molecular complexity index is 360. The van der Waals surface area contributed by atoms with Gasteiger partial charge < -0.3 is 0 Å². The van der Waals surface area contributed by atoms with Gasteiger partial charge in [-0.05, 0) is 0 Å². The summed E-state index contributed by atoms with van der Waals surface area (Å²) in [4.78, 5) is 14.2. The summed E-state index contributed by atoms with van der Waals surface area (Å²) < 4.78 is 3.24. The van der Waals surface area contributed by atoms with Crippen LogP contribution in [0.5, 0.6) is 0 Å². The molecule has 0 saturated heterocycles. The van der Waals surface area contributed by atoms with Gasteiger partial charge in [0.2, 0.25) is 6.41 Å². The molecule has 0 N–H and O–H groups in total. The second-order valence-corrected chi connectivity index (χ2v) is 1.97. The Balaban J connectivity index is 2.88. The van der Waals surface area contributed by atoms with Crippen LogP contribution in [0.25, 0.3) is 5.65 Å². The van der Waals surface area contributed by atoms with Crippen molar-refractivity contribution >= 4 is 12.1 Å². The van der Waals surface area contributed by atoms with Crippen molar-refractivity contribution in [2.75, 3.05) is 0 Å². The van der Waals surface area contributed by atoms with E-state index >= 15 is 0 Å². The van der Waals surface area contributed by atoms with Crippen molar-refractivity contribution in [2.24, 2.45) is 0 Å². The zero-order valence-corrected chi connectivity index (χ0v) is 5.14. The number of fused-ring (bicyclic) bond motifs is 1. The third kappa shape index (κ3) is 0.500. The van der Waals surface area contributed by atoms with Gasteiger partial charge in [0.05, 0.1) is 6.20 Å². The molecule has 4 nitrogen and oxygen atoms in total. The van der Waals surface area contributed by atoms with Crippen LogP contribution in [0, 0.1) is 0 Å². The summed E-state index contributed by atoms with van der Waals surface area (Å²) in [6.07, 6.45) is 7.49. The van der Waals surface area contributed by atoms with Crippen molar-refractivity contribution in [1.82, 2.24) is 14.0 Å². The molecule has 0 aliphatic heterocycles. The van der Waals surface area contributed by atoms with Crippen LogP contribution in [-0.2, 0) is 4.79 Å². The fraction of sp³-hybridized carbons (Fsp3) is 0. The monoisotopic (exact) mass is 135 g/mol. The number of aromatic nitrogens is 3. The number of rotatable bonds is 1. The summed E-state index contributed by atoms with van der Waals surface area (Å²) in [6, 6.07) is 0. The van der Waals surface area contributed by atoms with E-state index in [2.05, 4.69) is 4.98 Å². The first-order valence-corrected chi connectivity index (χ1v) is 2.85. The van der Waals surface area contributed by atoms with Gasteiger partial charge in [-0.25, -0.2) is 4.98 Å². The molecule has 0 fully saturated rings. The Morgan fingerprint density at radius 2 is 2.40 bits per heavy atom. The maximum Gasteiger partial charge on any atom is 0.219 e. The van der Waals surface area contributed by atoms with Crippen molar-refractivity contribution in [3.8, 4) is 0 Å². The first-order valence-electron chi connectivity index (χ1n) is 2.85. The summed E-state index contributed by atoms with van der Waals surface area (Å²) in [5.74, 6) is 0. The molecule has 0 spiro atoms. The number of carbonyl (C=O) groups excluding carboxylic acids is 1. The Labute approximate surface area is 56.7 Å². The van der Waals surface area contributed by atoms with Crippen LogP contribution < -0.4 is 0 Å². The molecule has 10 heavy (non-hydrogen) atoms. The van der Waals surface area contributed by atoms with E-state index in [4.69, 9.17) is 0 Å². The second-order valence-electron chi connectivity index (χ2n) is 1.97. The van der Waals surface area contributed by atoms with Gasteiger partial charge >= 0.3 is 0 Å². The number of carbonyl (C=O) groups is 1. The van der Waals surface area contributed by atoms with Crippen molar-refractivity contribution < 1.29 is 4.79 Å². The van der Waals surface area contributed by atoms with E-state index in [1.54, 1.807) is 29.3 Å². The lowest BCUT2D eigenvalue weighted by Gasteiger charge is -1.84. The Kier molecular flexibility index (Phi) is 0.887. The minimum atomic E-state index is 0.747. The van der Waals surface area contributed by atoms with E-state index in [-0.39, 0.29) is 0 Å². The largest absolute Gasteiger partial charge is 0.290 e. The molecule has 0 aliphatic rings. The quantitative estimate of drug-likeness (QED) is 0.523. The smallest absolute Gasteiger partial charge is 0.219 e. The van der Waals surface area contributed by atoms with Crippen molar-refractivity contribution in [2.45, 2.75) is 0 Å². The van der Waals surface area contributed by atoms with Crippen LogP contribution in [0.3, 0.4) is 0 Å². The van der Waals surface area contributed by atoms with Crippen LogP contribution in [0.15, 0.2) is 24.9 Å². The van der Waals surface area contributed by atoms with Crippen LogP contribution in [0.2, 0.25) is 0 Å². The SMILES string of the molecule is O=Cn1ccn2cncc12. The minimum Gasteiger partial charge on any atom is -0.290 e. The molecular formula is C6H5N3O. The molecule has 0 saturated carbocycles. The topological polar surface area (TPSA) is 39.3 Å². The molecule has 0 atom stereocenters. The summed E-state index contributed by atoms with van der Waals surface area (Å²) in [5.41, 5.74) is 0.787. The molecule has 0 radical (unpaired) electrons. The standard InChI is InChI=1S/C6H5N3O/c10-5-9-2-1-8-4-7-3-6(8)9/h1-5H. The lowest BCUT2D eigenvalue weighted by Crippen LogP contribution is -1.90. The van der Waals surface area contributed by atoms with Crippen LogP contribution in [-0.4, -0.2) is 20.4 Å². The zero-order valence-electron chi connectivity index (χ0n) is 5.14. The lowest BCUT2D eigenvalue weighted by molar-refractivity contribution is 0.549. The van der Waals surface area contributed by atoms with Gasteiger partial charge in [0.15, 0.2) is 0 Å². The third-order valence-corrected chi connectivity index (χ3v) is 1.41. The van der Waals surface area contributed by atoms with Gasteiger partial charge in [-0.3, -0.25) is 13.8 Å². The van der Waals surface area contributed by atoms with E-state index in [9.17, 15) is 4.79 Å². The molecule has 0 bridgehead atoms. The van der Waals surface area contributed by atoms with Crippen LogP contribution in [0.1, 0.15) is 0 Å². The first-order chi connectivity index (χ1) is 4.92. The molecule has 0 unspecified atom stereocenters. The maximum atomic E-state index is 10.3. The van der Waals surface area contributed by atoms with Gasteiger partial charge in [-0.15, -0.1) is 0 Å². The number of nitrogens with zero attached hydrogens (tertiary/aromatic N) is 3. The Hall–Kier alpha value is -1.58. The highest BCUT2D eigenvalue weighted by molar-refractivity contribution is 5.61. The number of imidazole rings is 2. The first kappa shape index (κ1) is 5.22. The molecule has 0 amide bonds. The molecule has 0 aromatic carbocycles. The molecule has 2 aromatic heterocycles. The maximum absolute atomic E-state index is 10.3. The lowest BCUT2D eigenvalue weighted by atomic mass is 10.8. The minimum absolute atomic E-state index is 0.747. The van der Waals surface area contributed by atoms with Crippen LogP contribution >= 0.6 is 0 Å². The molecule has 50 valence electrons. The van der Waals surface area contributed by atoms with Gasteiger partial charge in [-0.1, -0.05) is 0 Å². The molecule has 4 heteroatoms. The summed E-state index contributed by atoms with van der Waals surface area (Å²) in [7, 11) is 0. The highest BCUT2D eigenvalue weighted by Crippen LogP contribution is 1.99. The predicted octanol–water partition coefficient (Wildman–Crippen LogP) is 0.174. The number of hydrogen-bond donors (Lipinski definition) is 0. The van der Waals surface area contributed by atoms with Gasteiger partial charge in [-0.2, -0.15) is 0 Å². The second kappa shape index (κ2) is 1.70. The van der Waals surface area contributed by atoms with Gasteiger partial charge in [0.1, 0.15) is 12.0 Å². The average molecular weight is 135 g/mol. The fourth-order valence-corrected chi connectivity index (χ4v) is 0.922. The number of hydrogen-bond acceptors (Lipinski definition) is 2. The summed E-state index contributed by atoms with van der Waals surface area (Å²) in [5, 5.41) is 0. The normalized spacial score (nSPS) is 10.4. The Morgan fingerprint density at radius 3 is 3.20 bits per heavy atom. The Morgan fingerprint density at radius 1 is 1.50 bits per heavy atom. The zero-order chi connectivity index (χ0) is 6.97. The van der Waals surface area contributed by atoms with Crippen molar-refractivity contribution in [3.05, 3.63) is 24.9 Å². The predicted molar refractivity (Wildman–Crippen MR) is 35.3 cm³/mol. The molecule has 2 aromatic rings. The van der Waals surface area contributed by atoms with Crippen molar-refractivity contribution in [3.63, 3.8) is 0 Å².